The lowest BCUT2D eigenvalue weighted by atomic mass is 10.1. The number of hydrogen-bond acceptors (Lipinski definition) is 6. The molecule has 0 amide bonds. The van der Waals surface area contributed by atoms with Crippen LogP contribution >= 0.6 is 11.6 Å². The summed E-state index contributed by atoms with van der Waals surface area (Å²) in [5.41, 5.74) is 2.33. The molecule has 1 aromatic carbocycles. The Bertz CT molecular complexity index is 715. The Morgan fingerprint density at radius 2 is 2.25 bits per heavy atom. The van der Waals surface area contributed by atoms with E-state index in [9.17, 15) is 14.9 Å². The van der Waals surface area contributed by atoms with Crippen molar-refractivity contribution in [3.05, 3.63) is 61.8 Å². The van der Waals surface area contributed by atoms with Gasteiger partial charge in [-0.1, -0.05) is 17.7 Å². The van der Waals surface area contributed by atoms with Crippen LogP contribution in [-0.4, -0.2) is 14.5 Å². The minimum Gasteiger partial charge on any atom is -0.318 e. The second kappa shape index (κ2) is 5.68. The summed E-state index contributed by atoms with van der Waals surface area (Å²) in [6.45, 7) is 0.123. The molecular formula is C11H10ClN5O3. The Hall–Kier alpha value is -2.45. The van der Waals surface area contributed by atoms with E-state index in [2.05, 4.69) is 10.4 Å². The Balaban J connectivity index is 2.39. The predicted octanol–water partition coefficient (Wildman–Crippen LogP) is 1.14. The van der Waals surface area contributed by atoms with Crippen LogP contribution in [-0.2, 0) is 6.54 Å². The quantitative estimate of drug-likeness (QED) is 0.496. The molecule has 3 N–H and O–H groups in total. The zero-order chi connectivity index (χ0) is 14.7. The highest BCUT2D eigenvalue weighted by Crippen LogP contribution is 2.24. The molecule has 9 heteroatoms. The maximum atomic E-state index is 11.5. The van der Waals surface area contributed by atoms with Gasteiger partial charge < -0.3 is 5.43 Å². The minimum absolute atomic E-state index is 0.123. The van der Waals surface area contributed by atoms with Gasteiger partial charge in [-0.15, -0.1) is 0 Å². The fourth-order valence-electron chi connectivity index (χ4n) is 1.69. The molecule has 104 valence electrons. The maximum absolute atomic E-state index is 11.5. The predicted molar refractivity (Wildman–Crippen MR) is 73.5 cm³/mol. The Morgan fingerprint density at radius 3 is 2.90 bits per heavy atom. The van der Waals surface area contributed by atoms with Gasteiger partial charge in [0.05, 0.1) is 22.7 Å². The van der Waals surface area contributed by atoms with Gasteiger partial charge in [-0.2, -0.15) is 0 Å². The van der Waals surface area contributed by atoms with Crippen LogP contribution in [0.15, 0.2) is 35.4 Å². The lowest BCUT2D eigenvalue weighted by Gasteiger charge is -2.07. The topological polar surface area (TPSA) is 116 Å². The van der Waals surface area contributed by atoms with Crippen molar-refractivity contribution in [2.75, 3.05) is 5.43 Å². The molecule has 1 aromatic heterocycles. The van der Waals surface area contributed by atoms with Crippen molar-refractivity contribution in [3.8, 4) is 0 Å². The van der Waals surface area contributed by atoms with Crippen molar-refractivity contribution < 1.29 is 4.92 Å². The Morgan fingerprint density at radius 1 is 1.50 bits per heavy atom. The molecule has 0 saturated carbocycles. The van der Waals surface area contributed by atoms with E-state index in [4.69, 9.17) is 17.4 Å². The molecular weight excluding hydrogens is 286 g/mol. The molecule has 0 aliphatic heterocycles. The summed E-state index contributed by atoms with van der Waals surface area (Å²) < 4.78 is 1.26. The molecule has 0 bridgehead atoms. The molecule has 2 aromatic rings. The maximum Gasteiger partial charge on any atom is 0.347 e. The molecule has 0 atom stereocenters. The first kappa shape index (κ1) is 14.0. The summed E-state index contributed by atoms with van der Waals surface area (Å²) in [7, 11) is 0. The molecule has 2 rings (SSSR count). The summed E-state index contributed by atoms with van der Waals surface area (Å²) in [5.74, 6) is 5.20. The highest BCUT2D eigenvalue weighted by molar-refractivity contribution is 6.30. The summed E-state index contributed by atoms with van der Waals surface area (Å²) >= 11 is 5.76. The SMILES string of the molecule is NNc1ccc(Cn2cc(Cl)cnc2=O)cc1[N+](=O)[O-]. The smallest absolute Gasteiger partial charge is 0.318 e. The molecule has 0 spiro atoms. The largest absolute Gasteiger partial charge is 0.347 e. The van der Waals surface area contributed by atoms with Crippen molar-refractivity contribution >= 4 is 23.0 Å². The van der Waals surface area contributed by atoms with Gasteiger partial charge in [0.15, 0.2) is 0 Å². The molecule has 0 aliphatic carbocycles. The van der Waals surface area contributed by atoms with Crippen molar-refractivity contribution in [2.24, 2.45) is 5.84 Å². The van der Waals surface area contributed by atoms with Crippen LogP contribution < -0.4 is 17.0 Å². The van der Waals surface area contributed by atoms with E-state index in [0.717, 1.165) is 0 Å². The van der Waals surface area contributed by atoms with Crippen LogP contribution in [0.5, 0.6) is 0 Å². The average molecular weight is 296 g/mol. The van der Waals surface area contributed by atoms with E-state index in [0.29, 0.717) is 10.6 Å². The number of halogens is 1. The number of nitrogen functional groups attached to an aromatic ring is 1. The third-order valence-electron chi connectivity index (χ3n) is 2.59. The third-order valence-corrected chi connectivity index (χ3v) is 2.79. The monoisotopic (exact) mass is 295 g/mol. The van der Waals surface area contributed by atoms with E-state index in [-0.39, 0.29) is 17.9 Å². The normalized spacial score (nSPS) is 10.3. The molecule has 8 nitrogen and oxygen atoms in total. The molecule has 0 aliphatic rings. The molecule has 1 heterocycles. The van der Waals surface area contributed by atoms with E-state index < -0.39 is 10.6 Å². The van der Waals surface area contributed by atoms with E-state index in [1.807, 2.05) is 0 Å². The fourth-order valence-corrected chi connectivity index (χ4v) is 1.85. The first-order chi connectivity index (χ1) is 9.51. The van der Waals surface area contributed by atoms with Crippen molar-refractivity contribution in [3.63, 3.8) is 0 Å². The number of nitrogens with one attached hydrogen (secondary N) is 1. The van der Waals surface area contributed by atoms with Gasteiger partial charge in [0.25, 0.3) is 5.69 Å². The van der Waals surface area contributed by atoms with Crippen LogP contribution in [0, 0.1) is 10.1 Å². The first-order valence-corrected chi connectivity index (χ1v) is 5.85. The summed E-state index contributed by atoms with van der Waals surface area (Å²) in [5, 5.41) is 11.2. The Kier molecular flexibility index (Phi) is 3.97. The van der Waals surface area contributed by atoms with Crippen molar-refractivity contribution in [1.29, 1.82) is 0 Å². The van der Waals surface area contributed by atoms with Crippen LogP contribution in [0.3, 0.4) is 0 Å². The second-order valence-corrected chi connectivity index (χ2v) is 4.37. The summed E-state index contributed by atoms with van der Waals surface area (Å²) in [6.07, 6.45) is 2.65. The standard InChI is InChI=1S/C11H10ClN5O3/c12-8-4-14-11(18)16(6-8)5-7-1-2-9(15-13)10(3-7)17(19)20/h1-4,6,15H,5,13H2. The molecule has 20 heavy (non-hydrogen) atoms. The number of rotatable bonds is 4. The number of nitrogens with zero attached hydrogens (tertiary/aromatic N) is 3. The number of anilines is 1. The van der Waals surface area contributed by atoms with Gasteiger partial charge in [-0.3, -0.25) is 20.5 Å². The lowest BCUT2D eigenvalue weighted by molar-refractivity contribution is -0.384. The number of aromatic nitrogens is 2. The first-order valence-electron chi connectivity index (χ1n) is 5.47. The number of hydrogen-bond donors (Lipinski definition) is 2. The number of nitrogens with two attached hydrogens (primary N) is 1. The van der Waals surface area contributed by atoms with Crippen LogP contribution in [0.25, 0.3) is 0 Å². The van der Waals surface area contributed by atoms with E-state index >= 15 is 0 Å². The second-order valence-electron chi connectivity index (χ2n) is 3.94. The van der Waals surface area contributed by atoms with Gasteiger partial charge in [0.1, 0.15) is 5.69 Å². The van der Waals surface area contributed by atoms with Crippen LogP contribution in [0.2, 0.25) is 5.02 Å². The van der Waals surface area contributed by atoms with E-state index in [1.54, 1.807) is 6.07 Å². The average Bonchev–Trinajstić information content (AvgIpc) is 2.42. The van der Waals surface area contributed by atoms with Crippen molar-refractivity contribution in [1.82, 2.24) is 9.55 Å². The van der Waals surface area contributed by atoms with Gasteiger partial charge in [-0.05, 0) is 11.6 Å². The summed E-state index contributed by atoms with van der Waals surface area (Å²) in [6, 6.07) is 4.43. The molecule has 0 unspecified atom stereocenters. The number of benzene rings is 1. The van der Waals surface area contributed by atoms with Gasteiger partial charge >= 0.3 is 5.69 Å². The van der Waals surface area contributed by atoms with Gasteiger partial charge in [0, 0.05) is 12.3 Å². The zero-order valence-electron chi connectivity index (χ0n) is 10.1. The lowest BCUT2D eigenvalue weighted by Crippen LogP contribution is -2.22. The van der Waals surface area contributed by atoms with E-state index in [1.165, 1.54) is 29.1 Å². The van der Waals surface area contributed by atoms with Crippen LogP contribution in [0.4, 0.5) is 11.4 Å². The van der Waals surface area contributed by atoms with Crippen molar-refractivity contribution in [2.45, 2.75) is 6.54 Å². The van der Waals surface area contributed by atoms with Gasteiger partial charge in [0.2, 0.25) is 0 Å². The molecule has 0 saturated heterocycles. The highest BCUT2D eigenvalue weighted by Gasteiger charge is 2.14. The fraction of sp³-hybridized carbons (Fsp3) is 0.0909. The molecule has 0 radical (unpaired) electrons. The number of hydrazine groups is 1. The third kappa shape index (κ3) is 2.92. The van der Waals surface area contributed by atoms with Gasteiger partial charge in [-0.25, -0.2) is 9.78 Å². The number of nitro benzene ring substituents is 1. The minimum atomic E-state index is -0.558. The van der Waals surface area contributed by atoms with Crippen LogP contribution in [0.1, 0.15) is 5.56 Å². The highest BCUT2D eigenvalue weighted by atomic mass is 35.5. The molecule has 0 fully saturated rings. The number of nitro groups is 1. The Labute approximate surface area is 117 Å². The summed E-state index contributed by atoms with van der Waals surface area (Å²) in [4.78, 5) is 25.5. The zero-order valence-corrected chi connectivity index (χ0v) is 10.9.